The van der Waals surface area contributed by atoms with Crippen LogP contribution in [0.4, 0.5) is 0 Å². The van der Waals surface area contributed by atoms with Crippen molar-refractivity contribution in [2.45, 2.75) is 65.7 Å². The Kier molecular flexibility index (Phi) is 5.92. The summed E-state index contributed by atoms with van der Waals surface area (Å²) >= 11 is 0. The van der Waals surface area contributed by atoms with Crippen LogP contribution in [-0.4, -0.2) is 0 Å². The minimum absolute atomic E-state index is 0. The smallest absolute Gasteiger partial charge is 0.164 e. The van der Waals surface area contributed by atoms with Gasteiger partial charge >= 0.3 is 18.9 Å². The molecule has 26 heavy (non-hydrogen) atoms. The van der Waals surface area contributed by atoms with Crippen LogP contribution in [-0.2, 0) is 17.3 Å². The molecule has 0 spiro atoms. The second-order valence-electron chi connectivity index (χ2n) is 9.32. The van der Waals surface area contributed by atoms with Gasteiger partial charge in [-0.2, -0.15) is 6.07 Å². The Morgan fingerprint density at radius 1 is 0.808 bits per heavy atom. The Morgan fingerprint density at radius 3 is 1.88 bits per heavy atom. The monoisotopic (exact) mass is 338 g/mol. The normalized spacial score (nSPS) is 12.3. The minimum atomic E-state index is 0. The molecule has 0 N–H and O–H groups in total. The van der Waals surface area contributed by atoms with E-state index in [9.17, 15) is 0 Å². The fourth-order valence-electron chi connectivity index (χ4n) is 3.40. The molecule has 1 heteroatoms. The van der Waals surface area contributed by atoms with Gasteiger partial charge < -0.3 is 0 Å². The third-order valence-electron chi connectivity index (χ3n) is 5.19. The van der Waals surface area contributed by atoms with Crippen LogP contribution < -0.4 is 18.9 Å². The number of aryl methyl sites for hydroxylation is 1. The largest absolute Gasteiger partial charge is 1.00 e. The van der Waals surface area contributed by atoms with Crippen molar-refractivity contribution in [1.82, 2.24) is 0 Å². The zero-order valence-electron chi connectivity index (χ0n) is 17.8. The zero-order chi connectivity index (χ0) is 18.4. The van der Waals surface area contributed by atoms with Crippen LogP contribution in [0.3, 0.4) is 0 Å². The molecular weight excluding hydrogens is 307 g/mol. The number of fused-ring (bicyclic) bond motifs is 1. The van der Waals surface area contributed by atoms with Gasteiger partial charge in [0.05, 0.1) is 0 Å². The molecule has 0 unspecified atom stereocenters. The van der Waals surface area contributed by atoms with Crippen molar-refractivity contribution in [3.8, 4) is 11.1 Å². The fourth-order valence-corrected chi connectivity index (χ4v) is 3.40. The molecule has 0 radical (unpaired) electrons. The summed E-state index contributed by atoms with van der Waals surface area (Å²) in [6.07, 6.45) is 1.09. The maximum atomic E-state index is 2.39. The summed E-state index contributed by atoms with van der Waals surface area (Å²) in [5, 5.41) is 2.73. The van der Waals surface area contributed by atoms with Gasteiger partial charge in [0.2, 0.25) is 0 Å². The summed E-state index contributed by atoms with van der Waals surface area (Å²) in [5.41, 5.74) is 7.23. The third-order valence-corrected chi connectivity index (χ3v) is 5.19. The average molecular weight is 338 g/mol. The molecule has 3 rings (SSSR count). The molecule has 3 aromatic carbocycles. The fraction of sp³-hybridized carbons (Fsp3) is 0.400. The maximum Gasteiger partial charge on any atom is 1.00 e. The van der Waals surface area contributed by atoms with Crippen molar-refractivity contribution in [3.05, 3.63) is 65.2 Å². The van der Waals surface area contributed by atoms with E-state index in [1.807, 2.05) is 0 Å². The van der Waals surface area contributed by atoms with Crippen LogP contribution in [0.25, 0.3) is 21.9 Å². The van der Waals surface area contributed by atoms with Gasteiger partial charge in [-0.15, -0.1) is 34.5 Å². The molecule has 0 heterocycles. The quantitative estimate of drug-likeness (QED) is 0.480. The van der Waals surface area contributed by atoms with E-state index in [4.69, 9.17) is 0 Å². The topological polar surface area (TPSA) is 0 Å². The van der Waals surface area contributed by atoms with Crippen LogP contribution in [0.2, 0.25) is 0 Å². The van der Waals surface area contributed by atoms with E-state index in [0.29, 0.717) is 0 Å². The Balaban J connectivity index is 0.00000243. The Hall–Kier alpha value is -1.35. The molecule has 0 aliphatic carbocycles. The first-order valence-electron chi connectivity index (χ1n) is 9.44. The molecule has 132 valence electrons. The van der Waals surface area contributed by atoms with Crippen LogP contribution in [0.5, 0.6) is 0 Å². The molecule has 0 atom stereocenters. The van der Waals surface area contributed by atoms with E-state index in [2.05, 4.69) is 97.0 Å². The first-order chi connectivity index (χ1) is 11.6. The summed E-state index contributed by atoms with van der Waals surface area (Å²) < 4.78 is 0. The van der Waals surface area contributed by atoms with Crippen LogP contribution in [0.1, 0.15) is 65.2 Å². The van der Waals surface area contributed by atoms with Crippen molar-refractivity contribution in [2.24, 2.45) is 0 Å². The summed E-state index contributed by atoms with van der Waals surface area (Å²) in [4.78, 5) is 0. The van der Waals surface area contributed by atoms with E-state index in [-0.39, 0.29) is 29.7 Å². The second-order valence-corrected chi connectivity index (χ2v) is 9.32. The Bertz CT molecular complexity index is 866. The number of hydrogen-bond donors (Lipinski definition) is 0. The van der Waals surface area contributed by atoms with Gasteiger partial charge in [0, 0.05) is 0 Å². The van der Waals surface area contributed by atoms with E-state index in [0.717, 1.165) is 6.42 Å². The van der Waals surface area contributed by atoms with Gasteiger partial charge in [-0.25, -0.2) is 0 Å². The molecule has 0 bridgehead atoms. The van der Waals surface area contributed by atoms with E-state index in [1.54, 1.807) is 0 Å². The minimum Gasteiger partial charge on any atom is -0.164 e. The molecule has 0 aliphatic rings. The van der Waals surface area contributed by atoms with E-state index in [1.165, 1.54) is 38.6 Å². The first kappa shape index (κ1) is 21.0. The molecule has 0 saturated carbocycles. The standard InChI is InChI=1S/C25H31.Li/c1-8-17-12-18-10-9-11-22(23(18)13-17)19-14-20(24(2,3)4)16-21(15-19)25(5,6)7;/h9-16H,8H2,1-7H3;/q-1;+1. The number of hydrogen-bond acceptors (Lipinski definition) is 0. The molecule has 0 saturated heterocycles. The number of benzene rings is 2. The van der Waals surface area contributed by atoms with Crippen LogP contribution in [0.15, 0.2) is 48.5 Å². The SMILES string of the molecule is CCc1cc2c(-c3cc(C(C)(C)C)cc(C(C)(C)C)c3)cccc2[cH-]1.[Li+]. The van der Waals surface area contributed by atoms with Crippen molar-refractivity contribution in [2.75, 3.05) is 0 Å². The van der Waals surface area contributed by atoms with Crippen LogP contribution in [0, 0.1) is 0 Å². The first-order valence-corrected chi connectivity index (χ1v) is 9.44. The van der Waals surface area contributed by atoms with Crippen molar-refractivity contribution in [1.29, 1.82) is 0 Å². The van der Waals surface area contributed by atoms with Gasteiger partial charge in [0.15, 0.2) is 0 Å². The summed E-state index contributed by atoms with van der Waals surface area (Å²) in [7, 11) is 0. The van der Waals surface area contributed by atoms with E-state index >= 15 is 0 Å². The number of rotatable bonds is 2. The van der Waals surface area contributed by atoms with Gasteiger partial charge in [0.25, 0.3) is 0 Å². The predicted molar refractivity (Wildman–Crippen MR) is 112 cm³/mol. The molecule has 0 aliphatic heterocycles. The van der Waals surface area contributed by atoms with Gasteiger partial charge in [0.1, 0.15) is 0 Å². The Morgan fingerprint density at radius 2 is 1.38 bits per heavy atom. The zero-order valence-corrected chi connectivity index (χ0v) is 17.8. The second kappa shape index (κ2) is 7.34. The van der Waals surface area contributed by atoms with E-state index < -0.39 is 0 Å². The van der Waals surface area contributed by atoms with Crippen molar-refractivity contribution >= 4 is 10.8 Å². The molecule has 0 amide bonds. The molecule has 0 nitrogen and oxygen atoms in total. The average Bonchev–Trinajstić information content (AvgIpc) is 2.96. The van der Waals surface area contributed by atoms with Crippen molar-refractivity contribution in [3.63, 3.8) is 0 Å². The predicted octanol–water partition coefficient (Wildman–Crippen LogP) is 4.39. The molecule has 0 aromatic heterocycles. The van der Waals surface area contributed by atoms with Crippen LogP contribution >= 0.6 is 0 Å². The van der Waals surface area contributed by atoms with Gasteiger partial charge in [-0.1, -0.05) is 78.3 Å². The third kappa shape index (κ3) is 4.14. The summed E-state index contributed by atoms with van der Waals surface area (Å²) in [6, 6.07) is 18.6. The Labute approximate surface area is 171 Å². The summed E-state index contributed by atoms with van der Waals surface area (Å²) in [6.45, 7) is 16.0. The molecule has 3 aromatic rings. The van der Waals surface area contributed by atoms with Gasteiger partial charge in [-0.05, 0) is 33.9 Å². The maximum absolute atomic E-state index is 2.39. The van der Waals surface area contributed by atoms with Gasteiger partial charge in [-0.3, -0.25) is 0 Å². The molecule has 0 fully saturated rings. The van der Waals surface area contributed by atoms with Crippen molar-refractivity contribution < 1.29 is 18.9 Å². The molecular formula is C25H31Li. The summed E-state index contributed by atoms with van der Waals surface area (Å²) in [5.74, 6) is 0.